The second-order valence-corrected chi connectivity index (χ2v) is 5.69. The highest BCUT2D eigenvalue weighted by atomic mass is 16.1. The van der Waals surface area contributed by atoms with Crippen molar-refractivity contribution in [3.8, 4) is 0 Å². The number of aryl methyl sites for hydroxylation is 1. The lowest BCUT2D eigenvalue weighted by atomic mass is 10.0. The molecule has 0 fully saturated rings. The number of benzene rings is 1. The van der Waals surface area contributed by atoms with Crippen LogP contribution in [0.5, 0.6) is 0 Å². The van der Waals surface area contributed by atoms with E-state index >= 15 is 0 Å². The summed E-state index contributed by atoms with van der Waals surface area (Å²) in [4.78, 5) is 12.1. The van der Waals surface area contributed by atoms with Gasteiger partial charge in [-0.05, 0) is 36.5 Å². The van der Waals surface area contributed by atoms with E-state index in [4.69, 9.17) is 0 Å². The van der Waals surface area contributed by atoms with Crippen LogP contribution in [0, 0.1) is 12.8 Å². The predicted molar refractivity (Wildman–Crippen MR) is 77.2 cm³/mol. The average Bonchev–Trinajstić information content (AvgIpc) is 3.00. The summed E-state index contributed by atoms with van der Waals surface area (Å²) in [6.07, 6.45) is 3.05. The fourth-order valence-corrected chi connectivity index (χ4v) is 2.96. The fourth-order valence-electron chi connectivity index (χ4n) is 2.96. The third kappa shape index (κ3) is 2.46. The molecule has 20 heavy (non-hydrogen) atoms. The van der Waals surface area contributed by atoms with Gasteiger partial charge in [0.15, 0.2) is 0 Å². The summed E-state index contributed by atoms with van der Waals surface area (Å²) in [5.41, 5.74) is 4.72. The number of carbonyl (C=O) groups is 1. The lowest BCUT2D eigenvalue weighted by Gasteiger charge is -2.19. The maximum atomic E-state index is 12.1. The van der Waals surface area contributed by atoms with Gasteiger partial charge in [-0.3, -0.25) is 9.89 Å². The van der Waals surface area contributed by atoms with E-state index in [1.165, 1.54) is 16.7 Å². The van der Waals surface area contributed by atoms with E-state index in [-0.39, 0.29) is 11.9 Å². The summed E-state index contributed by atoms with van der Waals surface area (Å²) < 4.78 is 0. The first-order chi connectivity index (χ1) is 9.63. The third-order valence-electron chi connectivity index (χ3n) is 3.97. The highest BCUT2D eigenvalue weighted by Gasteiger charge is 2.30. The van der Waals surface area contributed by atoms with Gasteiger partial charge in [0.2, 0.25) is 5.91 Å². The van der Waals surface area contributed by atoms with Crippen molar-refractivity contribution in [2.24, 2.45) is 5.92 Å². The molecule has 2 aromatic rings. The number of aromatic nitrogens is 2. The molecule has 0 radical (unpaired) electrons. The summed E-state index contributed by atoms with van der Waals surface area (Å²) >= 11 is 0. The van der Waals surface area contributed by atoms with E-state index in [0.717, 1.165) is 12.1 Å². The second-order valence-electron chi connectivity index (χ2n) is 5.69. The minimum Gasteiger partial charge on any atom is -0.349 e. The van der Waals surface area contributed by atoms with Crippen LogP contribution in [0.3, 0.4) is 0 Å². The zero-order chi connectivity index (χ0) is 14.1. The minimum absolute atomic E-state index is 0.0421. The molecule has 0 unspecified atom stereocenters. The van der Waals surface area contributed by atoms with Gasteiger partial charge in [-0.15, -0.1) is 0 Å². The van der Waals surface area contributed by atoms with Crippen molar-refractivity contribution in [2.75, 3.05) is 0 Å². The van der Waals surface area contributed by atoms with Crippen LogP contribution in [-0.2, 0) is 17.6 Å². The Morgan fingerprint density at radius 3 is 3.05 bits per heavy atom. The molecule has 1 aromatic carbocycles. The molecule has 4 nitrogen and oxygen atoms in total. The summed E-state index contributed by atoms with van der Waals surface area (Å²) in [5, 5.41) is 9.85. The largest absolute Gasteiger partial charge is 0.349 e. The van der Waals surface area contributed by atoms with Gasteiger partial charge >= 0.3 is 0 Å². The molecule has 1 aliphatic carbocycles. The second kappa shape index (κ2) is 5.12. The number of rotatable bonds is 3. The maximum Gasteiger partial charge on any atom is 0.226 e. The molecular formula is C16H19N3O. The molecule has 1 amide bonds. The van der Waals surface area contributed by atoms with Crippen molar-refractivity contribution in [1.29, 1.82) is 0 Å². The number of H-pyrrole nitrogens is 1. The van der Waals surface area contributed by atoms with Gasteiger partial charge in [0.1, 0.15) is 0 Å². The van der Waals surface area contributed by atoms with Crippen LogP contribution in [0.25, 0.3) is 0 Å². The molecule has 0 saturated heterocycles. The van der Waals surface area contributed by atoms with E-state index in [1.807, 2.05) is 6.07 Å². The summed E-state index contributed by atoms with van der Waals surface area (Å²) in [6, 6.07) is 8.47. The molecule has 4 heteroatoms. The van der Waals surface area contributed by atoms with Gasteiger partial charge in [-0.2, -0.15) is 5.10 Å². The first-order valence-corrected chi connectivity index (χ1v) is 7.00. The molecule has 1 heterocycles. The number of nitrogens with one attached hydrogen (secondary N) is 2. The van der Waals surface area contributed by atoms with Crippen molar-refractivity contribution < 1.29 is 4.79 Å². The average molecular weight is 269 g/mol. The first-order valence-electron chi connectivity index (χ1n) is 7.00. The van der Waals surface area contributed by atoms with Crippen LogP contribution in [0.2, 0.25) is 0 Å². The quantitative estimate of drug-likeness (QED) is 0.898. The van der Waals surface area contributed by atoms with Gasteiger partial charge in [-0.25, -0.2) is 0 Å². The van der Waals surface area contributed by atoms with Gasteiger partial charge in [0.05, 0.1) is 12.5 Å². The highest BCUT2D eigenvalue weighted by Crippen LogP contribution is 2.36. The smallest absolute Gasteiger partial charge is 0.226 e. The fraction of sp³-hybridized carbons (Fsp3) is 0.375. The normalized spacial score (nSPS) is 20.7. The van der Waals surface area contributed by atoms with E-state index < -0.39 is 0 Å². The highest BCUT2D eigenvalue weighted by molar-refractivity contribution is 5.78. The van der Waals surface area contributed by atoms with Crippen LogP contribution in [0.1, 0.15) is 35.3 Å². The number of carbonyl (C=O) groups excluding carboxylic acids is 1. The Labute approximate surface area is 118 Å². The van der Waals surface area contributed by atoms with Crippen molar-refractivity contribution in [3.63, 3.8) is 0 Å². The van der Waals surface area contributed by atoms with E-state index in [0.29, 0.717) is 12.3 Å². The third-order valence-corrected chi connectivity index (χ3v) is 3.97. The van der Waals surface area contributed by atoms with Gasteiger partial charge in [-0.1, -0.05) is 30.7 Å². The molecule has 0 bridgehead atoms. The van der Waals surface area contributed by atoms with Gasteiger partial charge in [0, 0.05) is 11.9 Å². The van der Waals surface area contributed by atoms with E-state index in [2.05, 4.69) is 47.6 Å². The van der Waals surface area contributed by atoms with Crippen molar-refractivity contribution in [1.82, 2.24) is 15.5 Å². The van der Waals surface area contributed by atoms with E-state index in [9.17, 15) is 4.79 Å². The Hall–Kier alpha value is -2.10. The summed E-state index contributed by atoms with van der Waals surface area (Å²) in [7, 11) is 0. The van der Waals surface area contributed by atoms with E-state index in [1.54, 1.807) is 6.20 Å². The van der Waals surface area contributed by atoms with Crippen molar-refractivity contribution in [3.05, 3.63) is 52.8 Å². The zero-order valence-electron chi connectivity index (χ0n) is 11.8. The summed E-state index contributed by atoms with van der Waals surface area (Å²) in [6.45, 7) is 4.28. The molecule has 1 aliphatic rings. The Balaban J connectivity index is 1.74. The molecule has 0 spiro atoms. The zero-order valence-corrected chi connectivity index (χ0v) is 11.8. The number of nitrogens with zero attached hydrogens (tertiary/aromatic N) is 1. The number of amides is 1. The molecule has 0 saturated carbocycles. The number of hydrogen-bond donors (Lipinski definition) is 2. The lowest BCUT2D eigenvalue weighted by Crippen LogP contribution is -2.31. The molecule has 104 valence electrons. The molecule has 2 N–H and O–H groups in total. The minimum atomic E-state index is 0.0421. The van der Waals surface area contributed by atoms with Crippen LogP contribution in [0.15, 0.2) is 30.5 Å². The van der Waals surface area contributed by atoms with Crippen LogP contribution >= 0.6 is 0 Å². The maximum absolute atomic E-state index is 12.1. The predicted octanol–water partition coefficient (Wildman–Crippen LogP) is 2.31. The Kier molecular flexibility index (Phi) is 3.30. The molecular weight excluding hydrogens is 250 g/mol. The number of aromatic amines is 1. The topological polar surface area (TPSA) is 57.8 Å². The van der Waals surface area contributed by atoms with Crippen molar-refractivity contribution in [2.45, 2.75) is 32.7 Å². The Morgan fingerprint density at radius 1 is 1.45 bits per heavy atom. The van der Waals surface area contributed by atoms with Gasteiger partial charge in [0.25, 0.3) is 0 Å². The molecule has 0 aliphatic heterocycles. The van der Waals surface area contributed by atoms with Crippen LogP contribution in [0.4, 0.5) is 0 Å². The van der Waals surface area contributed by atoms with Crippen molar-refractivity contribution >= 4 is 5.91 Å². The summed E-state index contributed by atoms with van der Waals surface area (Å²) in [5.74, 6) is 0.484. The molecule has 1 aromatic heterocycles. The van der Waals surface area contributed by atoms with Crippen LogP contribution < -0.4 is 5.32 Å². The lowest BCUT2D eigenvalue weighted by molar-refractivity contribution is -0.121. The first kappa shape index (κ1) is 12.9. The standard InChI is InChI=1S/C16H19N3O/c1-10-3-4-12-8-11(2)16(14(12)7-10)18-15(20)9-13-5-6-17-19-13/h3-7,11,16H,8-9H2,1-2H3,(H,17,19)(H,18,20)/t11-,16+/m1/s1. The molecule has 3 rings (SSSR count). The van der Waals surface area contributed by atoms with Gasteiger partial charge < -0.3 is 5.32 Å². The Bertz CT molecular complexity index is 619. The Morgan fingerprint density at radius 2 is 2.30 bits per heavy atom. The number of hydrogen-bond acceptors (Lipinski definition) is 2. The number of fused-ring (bicyclic) bond motifs is 1. The molecule has 2 atom stereocenters. The SMILES string of the molecule is Cc1ccc2c(c1)[C@@H](NC(=O)Cc1ccn[nH]1)[C@H](C)C2. The monoisotopic (exact) mass is 269 g/mol. The van der Waals surface area contributed by atoms with Crippen LogP contribution in [-0.4, -0.2) is 16.1 Å².